The van der Waals surface area contributed by atoms with Crippen molar-refractivity contribution in [3.8, 4) is 0 Å². The second-order valence-corrected chi connectivity index (χ2v) is 6.72. The zero-order valence-electron chi connectivity index (χ0n) is 15.8. The summed E-state index contributed by atoms with van der Waals surface area (Å²) in [6.45, 7) is 3.19. The Morgan fingerprint density at radius 3 is 2.68 bits per heavy atom. The number of aromatic nitrogens is 2. The lowest BCUT2D eigenvalue weighted by Crippen LogP contribution is -2.41. The minimum atomic E-state index is -1.12. The fraction of sp³-hybridized carbons (Fsp3) is 0.474. The van der Waals surface area contributed by atoms with Crippen LogP contribution in [0.15, 0.2) is 33.9 Å². The Balaban J connectivity index is 1.76. The molecule has 0 radical (unpaired) electrons. The second-order valence-electron chi connectivity index (χ2n) is 6.72. The van der Waals surface area contributed by atoms with Crippen LogP contribution in [-0.2, 0) is 27.4 Å². The minimum Gasteiger partial charge on any atom is -0.387 e. The van der Waals surface area contributed by atoms with Crippen LogP contribution < -0.4 is 11.2 Å². The highest BCUT2D eigenvalue weighted by atomic mass is 19.1. The summed E-state index contributed by atoms with van der Waals surface area (Å²) in [7, 11) is 1.40. The number of aliphatic hydroxyl groups is 1. The Morgan fingerprint density at radius 2 is 2.00 bits per heavy atom. The number of rotatable bonds is 6. The maximum atomic E-state index is 13.8. The van der Waals surface area contributed by atoms with Crippen molar-refractivity contribution in [3.05, 3.63) is 67.7 Å². The maximum Gasteiger partial charge on any atom is 0.328 e. The topological polar surface area (TPSA) is 103 Å². The normalized spacial score (nSPS) is 24.6. The molecule has 1 saturated heterocycles. The van der Waals surface area contributed by atoms with Crippen LogP contribution in [0.1, 0.15) is 16.8 Å². The van der Waals surface area contributed by atoms with Crippen LogP contribution in [0, 0.1) is 19.7 Å². The van der Waals surface area contributed by atoms with Gasteiger partial charge in [-0.15, -0.1) is 0 Å². The van der Waals surface area contributed by atoms with Gasteiger partial charge in [-0.3, -0.25) is 14.3 Å². The van der Waals surface area contributed by atoms with Crippen molar-refractivity contribution in [2.45, 2.75) is 51.6 Å². The van der Waals surface area contributed by atoms with Crippen molar-refractivity contribution < 1.29 is 23.7 Å². The predicted molar refractivity (Wildman–Crippen MR) is 97.5 cm³/mol. The molecule has 1 aliphatic heterocycles. The first-order valence-corrected chi connectivity index (χ1v) is 8.85. The van der Waals surface area contributed by atoms with Crippen LogP contribution >= 0.6 is 0 Å². The number of H-pyrrole nitrogens is 1. The van der Waals surface area contributed by atoms with Gasteiger partial charge < -0.3 is 19.3 Å². The molecule has 0 unspecified atom stereocenters. The summed E-state index contributed by atoms with van der Waals surface area (Å²) in [6.07, 6.45) is -3.67. The first-order chi connectivity index (χ1) is 13.3. The fourth-order valence-electron chi connectivity index (χ4n) is 3.20. The summed E-state index contributed by atoms with van der Waals surface area (Å²) in [6, 6.07) is 6.17. The highest BCUT2D eigenvalue weighted by Gasteiger charge is 2.45. The van der Waals surface area contributed by atoms with Crippen molar-refractivity contribution in [3.63, 3.8) is 0 Å². The second kappa shape index (κ2) is 8.36. The molecule has 2 aromatic rings. The Labute approximate surface area is 160 Å². The Morgan fingerprint density at radius 1 is 1.29 bits per heavy atom. The zero-order chi connectivity index (χ0) is 20.4. The van der Waals surface area contributed by atoms with Gasteiger partial charge in [-0.05, 0) is 19.9 Å². The molecule has 1 aliphatic rings. The monoisotopic (exact) mass is 394 g/mol. The zero-order valence-corrected chi connectivity index (χ0v) is 15.8. The molecule has 1 aromatic heterocycles. The number of aromatic amines is 1. The van der Waals surface area contributed by atoms with Crippen LogP contribution in [0.4, 0.5) is 4.39 Å². The van der Waals surface area contributed by atoms with Gasteiger partial charge in [0.25, 0.3) is 5.56 Å². The average Bonchev–Trinajstić information content (AvgIpc) is 2.97. The number of hydrogen-bond donors (Lipinski definition) is 2. The first-order valence-electron chi connectivity index (χ1n) is 8.85. The van der Waals surface area contributed by atoms with Gasteiger partial charge in [-0.1, -0.05) is 18.2 Å². The van der Waals surface area contributed by atoms with Gasteiger partial charge in [0.05, 0.1) is 13.2 Å². The third-order valence-corrected chi connectivity index (χ3v) is 5.03. The van der Waals surface area contributed by atoms with Gasteiger partial charge >= 0.3 is 5.69 Å². The molecule has 28 heavy (non-hydrogen) atoms. The summed E-state index contributed by atoms with van der Waals surface area (Å²) >= 11 is 0. The van der Waals surface area contributed by atoms with E-state index in [9.17, 15) is 19.1 Å². The summed E-state index contributed by atoms with van der Waals surface area (Å²) in [5.74, 6) is -0.410. The number of nitrogens with one attached hydrogen (secondary N) is 1. The number of benzene rings is 1. The summed E-state index contributed by atoms with van der Waals surface area (Å²) in [5.41, 5.74) is 0.189. The largest absolute Gasteiger partial charge is 0.387 e. The fourth-order valence-corrected chi connectivity index (χ4v) is 3.20. The molecule has 2 heterocycles. The van der Waals surface area contributed by atoms with Gasteiger partial charge in [-0.25, -0.2) is 9.18 Å². The lowest BCUT2D eigenvalue weighted by atomic mass is 10.1. The van der Waals surface area contributed by atoms with E-state index in [4.69, 9.17) is 14.2 Å². The highest BCUT2D eigenvalue weighted by Crippen LogP contribution is 2.27. The van der Waals surface area contributed by atoms with Gasteiger partial charge in [0.2, 0.25) is 0 Å². The van der Waals surface area contributed by atoms with Gasteiger partial charge in [0, 0.05) is 23.9 Å². The maximum absolute atomic E-state index is 13.8. The Kier molecular flexibility index (Phi) is 6.09. The minimum absolute atomic E-state index is 0.00285. The molecule has 0 amide bonds. The molecule has 152 valence electrons. The molecule has 0 spiro atoms. The van der Waals surface area contributed by atoms with Crippen LogP contribution in [0.2, 0.25) is 0 Å². The number of nitrogens with zero attached hydrogens (tertiary/aromatic N) is 1. The third kappa shape index (κ3) is 3.93. The van der Waals surface area contributed by atoms with E-state index >= 15 is 0 Å². The number of hydrogen-bond acceptors (Lipinski definition) is 6. The molecule has 0 bridgehead atoms. The third-order valence-electron chi connectivity index (χ3n) is 5.03. The van der Waals surface area contributed by atoms with Crippen molar-refractivity contribution in [1.82, 2.24) is 9.55 Å². The number of aliphatic hydroxyl groups excluding tert-OH is 1. The summed E-state index contributed by atoms with van der Waals surface area (Å²) in [4.78, 5) is 26.1. The van der Waals surface area contributed by atoms with Crippen molar-refractivity contribution in [2.24, 2.45) is 0 Å². The van der Waals surface area contributed by atoms with E-state index in [1.54, 1.807) is 32.0 Å². The molecule has 3 rings (SSSR count). The van der Waals surface area contributed by atoms with Gasteiger partial charge in [0.1, 0.15) is 24.1 Å². The lowest BCUT2D eigenvalue weighted by molar-refractivity contribution is -0.166. The smallest absolute Gasteiger partial charge is 0.328 e. The van der Waals surface area contributed by atoms with Crippen molar-refractivity contribution >= 4 is 0 Å². The van der Waals surface area contributed by atoms with E-state index in [0.717, 1.165) is 0 Å². The predicted octanol–water partition coefficient (Wildman–Crippen LogP) is 0.610. The molecule has 1 aromatic carbocycles. The van der Waals surface area contributed by atoms with Crippen LogP contribution in [-0.4, -0.2) is 46.4 Å². The van der Waals surface area contributed by atoms with E-state index in [-0.39, 0.29) is 13.2 Å². The Bertz CT molecular complexity index is 956. The molecular weight excluding hydrogens is 371 g/mol. The summed E-state index contributed by atoms with van der Waals surface area (Å²) < 4.78 is 31.7. The lowest BCUT2D eigenvalue weighted by Gasteiger charge is -2.20. The van der Waals surface area contributed by atoms with Crippen molar-refractivity contribution in [1.29, 1.82) is 0 Å². The standard InChI is InChI=1S/C19H23FN2O6/c1-10-11(2)22(19(25)21-17(10)24)8-14-15(23)16(18(26-3)28-14)27-9-12-6-4-5-7-13(12)20/h4-7,14-16,18,23H,8-9H2,1-3H3,(H,21,24,25)/t14-,15+,16-,18+/m1/s1. The average molecular weight is 394 g/mol. The molecule has 9 heteroatoms. The van der Waals surface area contributed by atoms with Crippen LogP contribution in [0.3, 0.4) is 0 Å². The molecule has 4 atom stereocenters. The molecule has 8 nitrogen and oxygen atoms in total. The number of ether oxygens (including phenoxy) is 3. The molecular formula is C19H23FN2O6. The Hall–Kier alpha value is -2.33. The van der Waals surface area contributed by atoms with E-state index in [1.807, 2.05) is 0 Å². The SMILES string of the molecule is CO[C@H]1O[C@H](Cn2c(C)c(C)c(=O)[nH]c2=O)[C@H](O)[C@H]1OCc1ccccc1F. The molecule has 1 fully saturated rings. The first kappa shape index (κ1) is 20.4. The van der Waals surface area contributed by atoms with Crippen LogP contribution in [0.25, 0.3) is 0 Å². The number of methoxy groups -OCH3 is 1. The molecule has 0 aliphatic carbocycles. The van der Waals surface area contributed by atoms with E-state index in [1.165, 1.54) is 17.7 Å². The highest BCUT2D eigenvalue weighted by molar-refractivity contribution is 5.16. The van der Waals surface area contributed by atoms with E-state index < -0.39 is 41.7 Å². The van der Waals surface area contributed by atoms with Gasteiger partial charge in [-0.2, -0.15) is 0 Å². The summed E-state index contributed by atoms with van der Waals surface area (Å²) in [5, 5.41) is 10.7. The van der Waals surface area contributed by atoms with Gasteiger partial charge in [0.15, 0.2) is 6.29 Å². The molecule has 0 saturated carbocycles. The quantitative estimate of drug-likeness (QED) is 0.744. The van der Waals surface area contributed by atoms with E-state index in [2.05, 4.69) is 4.98 Å². The molecule has 2 N–H and O–H groups in total. The van der Waals surface area contributed by atoms with Crippen molar-refractivity contribution in [2.75, 3.05) is 7.11 Å². The number of halogens is 1. The van der Waals surface area contributed by atoms with E-state index in [0.29, 0.717) is 16.8 Å². The van der Waals surface area contributed by atoms with Crippen LogP contribution in [0.5, 0.6) is 0 Å².